The summed E-state index contributed by atoms with van der Waals surface area (Å²) in [5.41, 5.74) is 2.03. The SMILES string of the molecule is CC(=O)C(CCc1ccccc1)C(=O)OCc1ccccc1. The molecule has 0 radical (unpaired) electrons. The molecule has 1 unspecified atom stereocenters. The van der Waals surface area contributed by atoms with Crippen LogP contribution in [0.2, 0.25) is 0 Å². The molecular formula is C19H20O3. The maximum Gasteiger partial charge on any atom is 0.316 e. The number of hydrogen-bond donors (Lipinski definition) is 0. The van der Waals surface area contributed by atoms with Crippen molar-refractivity contribution in [2.45, 2.75) is 26.4 Å². The van der Waals surface area contributed by atoms with Crippen LogP contribution in [0.3, 0.4) is 0 Å². The highest BCUT2D eigenvalue weighted by Gasteiger charge is 2.24. The van der Waals surface area contributed by atoms with Gasteiger partial charge in [0.2, 0.25) is 0 Å². The molecule has 0 aliphatic rings. The summed E-state index contributed by atoms with van der Waals surface area (Å²) < 4.78 is 5.28. The van der Waals surface area contributed by atoms with Crippen LogP contribution in [0.1, 0.15) is 24.5 Å². The molecule has 0 saturated heterocycles. The molecule has 1 atom stereocenters. The second-order valence-corrected chi connectivity index (χ2v) is 5.28. The Labute approximate surface area is 130 Å². The van der Waals surface area contributed by atoms with Crippen LogP contribution in [0, 0.1) is 5.92 Å². The Bertz CT molecular complexity index is 605. The molecule has 0 bridgehead atoms. The summed E-state index contributed by atoms with van der Waals surface area (Å²) in [4.78, 5) is 23.9. The Balaban J connectivity index is 1.89. The molecule has 0 heterocycles. The smallest absolute Gasteiger partial charge is 0.316 e. The first-order valence-electron chi connectivity index (χ1n) is 7.42. The molecule has 0 aliphatic carbocycles. The third kappa shape index (κ3) is 4.85. The van der Waals surface area contributed by atoms with Gasteiger partial charge in [-0.25, -0.2) is 0 Å². The standard InChI is InChI=1S/C19H20O3/c1-15(20)18(13-12-16-8-4-2-5-9-16)19(21)22-14-17-10-6-3-7-11-17/h2-11,18H,12-14H2,1H3. The molecule has 3 nitrogen and oxygen atoms in total. The molecule has 2 aromatic carbocycles. The van der Waals surface area contributed by atoms with Gasteiger partial charge in [-0.05, 0) is 30.9 Å². The fourth-order valence-corrected chi connectivity index (χ4v) is 2.27. The van der Waals surface area contributed by atoms with E-state index in [1.807, 2.05) is 60.7 Å². The summed E-state index contributed by atoms with van der Waals surface area (Å²) >= 11 is 0. The minimum absolute atomic E-state index is 0.144. The largest absolute Gasteiger partial charge is 0.460 e. The Kier molecular flexibility index (Phi) is 5.90. The fourth-order valence-electron chi connectivity index (χ4n) is 2.27. The summed E-state index contributed by atoms with van der Waals surface area (Å²) in [6.07, 6.45) is 1.17. The lowest BCUT2D eigenvalue weighted by atomic mass is 9.96. The van der Waals surface area contributed by atoms with Gasteiger partial charge in [0.15, 0.2) is 0 Å². The van der Waals surface area contributed by atoms with E-state index in [-0.39, 0.29) is 12.4 Å². The number of ether oxygens (including phenoxy) is 1. The van der Waals surface area contributed by atoms with E-state index in [1.54, 1.807) is 0 Å². The second-order valence-electron chi connectivity index (χ2n) is 5.28. The van der Waals surface area contributed by atoms with Gasteiger partial charge in [0.25, 0.3) is 0 Å². The lowest BCUT2D eigenvalue weighted by molar-refractivity contribution is -0.153. The van der Waals surface area contributed by atoms with Gasteiger partial charge < -0.3 is 4.74 Å². The quantitative estimate of drug-likeness (QED) is 0.579. The predicted molar refractivity (Wildman–Crippen MR) is 85.2 cm³/mol. The molecule has 2 rings (SSSR count). The van der Waals surface area contributed by atoms with Gasteiger partial charge in [-0.2, -0.15) is 0 Å². The average Bonchev–Trinajstić information content (AvgIpc) is 2.55. The van der Waals surface area contributed by atoms with Crippen LogP contribution >= 0.6 is 0 Å². The van der Waals surface area contributed by atoms with Crippen molar-refractivity contribution >= 4 is 11.8 Å². The van der Waals surface area contributed by atoms with Gasteiger partial charge in [0.1, 0.15) is 18.3 Å². The summed E-state index contributed by atoms with van der Waals surface area (Å²) in [5, 5.41) is 0. The van der Waals surface area contributed by atoms with E-state index in [1.165, 1.54) is 6.92 Å². The van der Waals surface area contributed by atoms with Crippen molar-refractivity contribution in [3.8, 4) is 0 Å². The monoisotopic (exact) mass is 296 g/mol. The number of benzene rings is 2. The zero-order valence-electron chi connectivity index (χ0n) is 12.7. The van der Waals surface area contributed by atoms with Gasteiger partial charge in [0, 0.05) is 0 Å². The van der Waals surface area contributed by atoms with Crippen LogP contribution < -0.4 is 0 Å². The van der Waals surface area contributed by atoms with Gasteiger partial charge in [-0.15, -0.1) is 0 Å². The van der Waals surface area contributed by atoms with E-state index < -0.39 is 11.9 Å². The number of esters is 1. The molecule has 0 N–H and O–H groups in total. The number of carbonyl (C=O) groups excluding carboxylic acids is 2. The molecule has 22 heavy (non-hydrogen) atoms. The van der Waals surface area contributed by atoms with Crippen molar-refractivity contribution in [1.29, 1.82) is 0 Å². The van der Waals surface area contributed by atoms with Crippen LogP contribution in [0.4, 0.5) is 0 Å². The maximum absolute atomic E-state index is 12.1. The fraction of sp³-hybridized carbons (Fsp3) is 0.263. The van der Waals surface area contributed by atoms with Crippen LogP contribution in [0.5, 0.6) is 0 Å². The molecule has 114 valence electrons. The van der Waals surface area contributed by atoms with Crippen LogP contribution in [-0.2, 0) is 27.4 Å². The van der Waals surface area contributed by atoms with E-state index in [0.29, 0.717) is 12.8 Å². The summed E-state index contributed by atoms with van der Waals surface area (Å²) in [7, 11) is 0. The lowest BCUT2D eigenvalue weighted by Gasteiger charge is -2.13. The zero-order valence-corrected chi connectivity index (χ0v) is 12.7. The number of carbonyl (C=O) groups is 2. The lowest BCUT2D eigenvalue weighted by Crippen LogP contribution is -2.25. The zero-order chi connectivity index (χ0) is 15.8. The minimum Gasteiger partial charge on any atom is -0.460 e. The van der Waals surface area contributed by atoms with Crippen molar-refractivity contribution in [2.75, 3.05) is 0 Å². The first kappa shape index (κ1) is 16.0. The minimum atomic E-state index is -0.691. The summed E-state index contributed by atoms with van der Waals surface area (Å²) in [5.74, 6) is -1.27. The Morgan fingerprint density at radius 1 is 0.909 bits per heavy atom. The van der Waals surface area contributed by atoms with Gasteiger partial charge in [-0.1, -0.05) is 60.7 Å². The molecule has 0 spiro atoms. The predicted octanol–water partition coefficient (Wildman–Crippen LogP) is 3.57. The first-order valence-corrected chi connectivity index (χ1v) is 7.42. The van der Waals surface area contributed by atoms with Crippen molar-refractivity contribution in [3.05, 3.63) is 71.8 Å². The normalized spacial score (nSPS) is 11.7. The number of ketones is 1. The molecule has 2 aromatic rings. The number of Topliss-reactive ketones (excluding diaryl/α,β-unsaturated/α-hetero) is 1. The van der Waals surface area contributed by atoms with Crippen molar-refractivity contribution in [2.24, 2.45) is 5.92 Å². The van der Waals surface area contributed by atoms with Gasteiger partial charge in [-0.3, -0.25) is 9.59 Å². The van der Waals surface area contributed by atoms with Crippen LogP contribution in [0.25, 0.3) is 0 Å². The van der Waals surface area contributed by atoms with E-state index in [9.17, 15) is 9.59 Å². The molecule has 0 saturated carbocycles. The van der Waals surface area contributed by atoms with Crippen LogP contribution in [0.15, 0.2) is 60.7 Å². The van der Waals surface area contributed by atoms with Crippen LogP contribution in [-0.4, -0.2) is 11.8 Å². The highest BCUT2D eigenvalue weighted by molar-refractivity contribution is 5.97. The topological polar surface area (TPSA) is 43.4 Å². The third-order valence-corrected chi connectivity index (χ3v) is 3.56. The number of hydrogen-bond acceptors (Lipinski definition) is 3. The van der Waals surface area contributed by atoms with Gasteiger partial charge in [0.05, 0.1) is 0 Å². The van der Waals surface area contributed by atoms with Crippen molar-refractivity contribution < 1.29 is 14.3 Å². The van der Waals surface area contributed by atoms with Crippen molar-refractivity contribution in [1.82, 2.24) is 0 Å². The van der Waals surface area contributed by atoms with E-state index in [4.69, 9.17) is 4.74 Å². The highest BCUT2D eigenvalue weighted by atomic mass is 16.5. The number of rotatable bonds is 7. The van der Waals surface area contributed by atoms with E-state index >= 15 is 0 Å². The highest BCUT2D eigenvalue weighted by Crippen LogP contribution is 2.14. The molecular weight excluding hydrogens is 276 g/mol. The second kappa shape index (κ2) is 8.13. The summed E-state index contributed by atoms with van der Waals surface area (Å²) in [6.45, 7) is 1.65. The maximum atomic E-state index is 12.1. The Morgan fingerprint density at radius 3 is 2.00 bits per heavy atom. The van der Waals surface area contributed by atoms with E-state index in [2.05, 4.69) is 0 Å². The molecule has 3 heteroatoms. The third-order valence-electron chi connectivity index (χ3n) is 3.56. The molecule has 0 amide bonds. The van der Waals surface area contributed by atoms with Crippen molar-refractivity contribution in [3.63, 3.8) is 0 Å². The number of aryl methyl sites for hydroxylation is 1. The van der Waals surface area contributed by atoms with Gasteiger partial charge >= 0.3 is 5.97 Å². The van der Waals surface area contributed by atoms with E-state index in [0.717, 1.165) is 11.1 Å². The molecule has 0 aromatic heterocycles. The Hall–Kier alpha value is -2.42. The molecule has 0 fully saturated rings. The Morgan fingerprint density at radius 2 is 1.45 bits per heavy atom. The first-order chi connectivity index (χ1) is 10.7. The average molecular weight is 296 g/mol. The molecule has 0 aliphatic heterocycles. The summed E-state index contributed by atoms with van der Waals surface area (Å²) in [6, 6.07) is 19.3.